The highest BCUT2D eigenvalue weighted by Gasteiger charge is 2.37. The second-order valence-electron chi connectivity index (χ2n) is 16.6. The smallest absolute Gasteiger partial charge is 0.245 e. The number of carbonyl (C=O) groups excluding carboxylic acids is 9. The number of hydrogen-bond donors (Lipinski definition) is 15. The summed E-state index contributed by atoms with van der Waals surface area (Å²) in [5.74, 6) is -9.06. The molecule has 1 fully saturated rings. The number of carbonyl (C=O) groups is 9. The zero-order chi connectivity index (χ0) is 52.7. The first kappa shape index (κ1) is 59.6. The number of aliphatic imine (C=N–C) groups is 2. The maximum atomic E-state index is 14.4. The average Bonchev–Trinajstić information content (AvgIpc) is 3.28. The molecular weight excluding hydrogens is 955 g/mol. The lowest BCUT2D eigenvalue weighted by molar-refractivity contribution is -0.137. The Bertz CT molecular complexity index is 2040. The summed E-state index contributed by atoms with van der Waals surface area (Å²) in [6.07, 6.45) is -1.28. The molecule has 1 saturated heterocycles. The van der Waals surface area contributed by atoms with Crippen LogP contribution in [-0.4, -0.2) is 154 Å². The van der Waals surface area contributed by atoms with Crippen molar-refractivity contribution in [1.82, 2.24) is 42.5 Å². The van der Waals surface area contributed by atoms with Gasteiger partial charge in [0.05, 0.1) is 6.10 Å². The molecule has 10 atom stereocenters. The van der Waals surface area contributed by atoms with Crippen molar-refractivity contribution in [3.8, 4) is 5.75 Å². The summed E-state index contributed by atoms with van der Waals surface area (Å²) < 4.78 is 0. The molecule has 2 rings (SSSR count). The summed E-state index contributed by atoms with van der Waals surface area (Å²) in [6.45, 7) is 7.20. The second-order valence-corrected chi connectivity index (χ2v) is 19.1. The van der Waals surface area contributed by atoms with Crippen LogP contribution in [0.2, 0.25) is 0 Å². The SMILES string of the molecule is CC[C@H](C)[C@@H]1NC(=O)[C@H](C)NC(=O)C(NC(C)=O)CSSC[C@@H](C(=O)N[C@@H](CCCN=C(N)N)C(=O)N[C@@H](Cc2ccc(O)cc2)C(N)=O)NC(=O)[C@H](CCCN=C(N)N)NC(=O)C([C@@H](C)O)NC1=O. The van der Waals surface area contributed by atoms with Crippen molar-refractivity contribution < 1.29 is 53.4 Å². The van der Waals surface area contributed by atoms with Crippen molar-refractivity contribution in [3.63, 3.8) is 0 Å². The third kappa shape index (κ3) is 21.4. The van der Waals surface area contributed by atoms with Gasteiger partial charge in [-0.3, -0.25) is 53.1 Å². The molecule has 70 heavy (non-hydrogen) atoms. The Kier molecular flexibility index (Phi) is 25.7. The molecule has 0 aromatic heterocycles. The lowest BCUT2D eigenvalue weighted by Gasteiger charge is -2.30. The molecule has 1 aromatic carbocycles. The van der Waals surface area contributed by atoms with Crippen LogP contribution >= 0.6 is 21.6 Å². The van der Waals surface area contributed by atoms with Crippen LogP contribution in [0.15, 0.2) is 34.3 Å². The molecule has 28 heteroatoms. The van der Waals surface area contributed by atoms with Crippen LogP contribution in [0.25, 0.3) is 0 Å². The Morgan fingerprint density at radius 1 is 0.757 bits per heavy atom. The van der Waals surface area contributed by atoms with Crippen molar-refractivity contribution in [2.24, 2.45) is 44.6 Å². The highest BCUT2D eigenvalue weighted by Crippen LogP contribution is 2.24. The van der Waals surface area contributed by atoms with Crippen LogP contribution in [-0.2, 0) is 49.6 Å². The highest BCUT2D eigenvalue weighted by molar-refractivity contribution is 8.76. The monoisotopic (exact) mass is 1020 g/mol. The summed E-state index contributed by atoms with van der Waals surface area (Å²) in [6, 6.07) is -5.25. The van der Waals surface area contributed by atoms with Crippen LogP contribution in [0.5, 0.6) is 5.75 Å². The summed E-state index contributed by atoms with van der Waals surface area (Å²) in [5.41, 5.74) is 28.1. The van der Waals surface area contributed by atoms with Gasteiger partial charge in [0.2, 0.25) is 53.2 Å². The fraction of sp³-hybridized carbons (Fsp3) is 0.595. The Labute approximate surface area is 413 Å². The molecule has 390 valence electrons. The summed E-state index contributed by atoms with van der Waals surface area (Å²) in [7, 11) is 1.99. The molecular formula is C42H69N15O11S2. The zero-order valence-electron chi connectivity index (χ0n) is 39.8. The third-order valence-corrected chi connectivity index (χ3v) is 13.1. The molecule has 1 aromatic rings. The molecule has 0 saturated carbocycles. The van der Waals surface area contributed by atoms with Crippen LogP contribution in [0.3, 0.4) is 0 Å². The summed E-state index contributed by atoms with van der Waals surface area (Å²) >= 11 is 0. The predicted octanol–water partition coefficient (Wildman–Crippen LogP) is -4.73. The van der Waals surface area contributed by atoms with E-state index < -0.39 is 114 Å². The Hall–Kier alpha value is -6.55. The van der Waals surface area contributed by atoms with E-state index >= 15 is 0 Å². The molecule has 1 aliphatic heterocycles. The fourth-order valence-corrected chi connectivity index (χ4v) is 8.89. The zero-order valence-corrected chi connectivity index (χ0v) is 41.5. The number of aliphatic hydroxyl groups is 1. The summed E-state index contributed by atoms with van der Waals surface area (Å²) in [5, 5.41) is 40.9. The van der Waals surface area contributed by atoms with Crippen molar-refractivity contribution in [2.45, 2.75) is 128 Å². The van der Waals surface area contributed by atoms with E-state index in [1.807, 2.05) is 0 Å². The van der Waals surface area contributed by atoms with Gasteiger partial charge in [0.15, 0.2) is 11.9 Å². The number of amides is 9. The number of aliphatic hydroxyl groups excluding tert-OH is 1. The maximum absolute atomic E-state index is 14.4. The molecule has 26 nitrogen and oxygen atoms in total. The minimum atomic E-state index is -1.69. The van der Waals surface area contributed by atoms with Crippen LogP contribution < -0.4 is 71.2 Å². The standard InChI is InChI=1S/C42H69N15O11S2/c1-6-20(2)31-39(67)57-32(22(4)58)40(68)53-27(10-8-16-49-42(46)47)36(64)55-30(19-70-69-18-29(51-23(5)59)37(65)50-21(3)34(62)56-31)38(66)52-26(9-7-15-48-41(44)45)35(63)54-28(33(43)61)17-24-11-13-25(60)14-12-24/h11-14,20-22,26-32,58,60H,6-10,15-19H2,1-5H3,(H2,43,61)(H,50,65)(H,51,59)(H,52,66)(H,53,68)(H,54,63)(H,55,64)(H,56,62)(H,57,67)(H4,44,45,48)(H4,46,47,49)/t20-,21-,22+,26-,27-,28-,29?,30-,31-,32?/m0/s1. The van der Waals surface area contributed by atoms with E-state index in [2.05, 4.69) is 52.5 Å². The molecule has 1 aliphatic rings. The number of phenols is 1. The largest absolute Gasteiger partial charge is 0.508 e. The van der Waals surface area contributed by atoms with Crippen LogP contribution in [0, 0.1) is 5.92 Å². The highest BCUT2D eigenvalue weighted by atomic mass is 33.1. The maximum Gasteiger partial charge on any atom is 0.245 e. The lowest BCUT2D eigenvalue weighted by Crippen LogP contribution is -2.62. The number of guanidine groups is 2. The quantitative estimate of drug-likeness (QED) is 0.0268. The molecule has 2 unspecified atom stereocenters. The van der Waals surface area contributed by atoms with E-state index in [0.717, 1.165) is 21.6 Å². The minimum absolute atomic E-state index is 0.00237. The normalized spacial score (nSPS) is 22.6. The van der Waals surface area contributed by atoms with Crippen LogP contribution in [0.1, 0.15) is 72.3 Å². The Morgan fingerprint density at radius 3 is 1.91 bits per heavy atom. The number of nitrogens with zero attached hydrogens (tertiary/aromatic N) is 2. The van der Waals surface area contributed by atoms with Gasteiger partial charge in [-0.1, -0.05) is 54.0 Å². The predicted molar refractivity (Wildman–Crippen MR) is 264 cm³/mol. The van der Waals surface area contributed by atoms with Gasteiger partial charge in [-0.25, -0.2) is 0 Å². The van der Waals surface area contributed by atoms with Crippen molar-refractivity contribution in [3.05, 3.63) is 29.8 Å². The number of phenolic OH excluding ortho intramolecular Hbond substituents is 1. The van der Waals surface area contributed by atoms with E-state index in [1.165, 1.54) is 45.0 Å². The molecule has 20 N–H and O–H groups in total. The van der Waals surface area contributed by atoms with Crippen molar-refractivity contribution in [2.75, 3.05) is 24.6 Å². The van der Waals surface area contributed by atoms with Crippen LogP contribution in [0.4, 0.5) is 0 Å². The van der Waals surface area contributed by atoms with Gasteiger partial charge in [0.1, 0.15) is 54.1 Å². The number of benzene rings is 1. The van der Waals surface area contributed by atoms with Gasteiger partial charge in [-0.05, 0) is 63.1 Å². The lowest BCUT2D eigenvalue weighted by atomic mass is 9.97. The van der Waals surface area contributed by atoms with Gasteiger partial charge in [-0.15, -0.1) is 0 Å². The molecule has 9 amide bonds. The topological polar surface area (TPSA) is 445 Å². The van der Waals surface area contributed by atoms with Crippen molar-refractivity contribution in [1.29, 1.82) is 0 Å². The number of nitrogens with one attached hydrogen (secondary N) is 8. The van der Waals surface area contributed by atoms with Gasteiger partial charge >= 0.3 is 0 Å². The molecule has 1 heterocycles. The third-order valence-electron chi connectivity index (χ3n) is 10.7. The van der Waals surface area contributed by atoms with Gasteiger partial charge in [0, 0.05) is 37.9 Å². The number of nitrogens with two attached hydrogens (primary N) is 5. The number of aromatic hydroxyl groups is 1. The Morgan fingerprint density at radius 2 is 1.34 bits per heavy atom. The average molecular weight is 1020 g/mol. The first-order valence-electron chi connectivity index (χ1n) is 22.4. The number of rotatable bonds is 19. The van der Waals surface area contributed by atoms with E-state index in [-0.39, 0.29) is 74.4 Å². The van der Waals surface area contributed by atoms with E-state index in [4.69, 9.17) is 28.7 Å². The number of hydrogen-bond acceptors (Lipinski definition) is 15. The molecule has 0 spiro atoms. The van der Waals surface area contributed by atoms with Crippen molar-refractivity contribution >= 4 is 86.7 Å². The van der Waals surface area contributed by atoms with Gasteiger partial charge < -0.3 is 81.4 Å². The van der Waals surface area contributed by atoms with E-state index in [0.29, 0.717) is 12.0 Å². The Balaban J connectivity index is 2.67. The minimum Gasteiger partial charge on any atom is -0.508 e. The second kappa shape index (κ2) is 30.1. The van der Waals surface area contributed by atoms with E-state index in [9.17, 15) is 53.4 Å². The fourth-order valence-electron chi connectivity index (χ4n) is 6.57. The van der Waals surface area contributed by atoms with Gasteiger partial charge in [-0.2, -0.15) is 0 Å². The summed E-state index contributed by atoms with van der Waals surface area (Å²) in [4.78, 5) is 130. The first-order chi connectivity index (χ1) is 32.9. The molecule has 0 bridgehead atoms. The first-order valence-corrected chi connectivity index (χ1v) is 24.9. The van der Waals surface area contributed by atoms with E-state index in [1.54, 1.807) is 13.8 Å². The number of primary amides is 1. The molecule has 0 aliphatic carbocycles. The van der Waals surface area contributed by atoms with Gasteiger partial charge in [0.25, 0.3) is 0 Å². The molecule has 0 radical (unpaired) electrons.